The fraction of sp³-hybridized carbons (Fsp3) is 0.538. The van der Waals surface area contributed by atoms with Crippen molar-refractivity contribution in [3.63, 3.8) is 0 Å². The molecule has 100 valence electrons. The number of fused-ring (bicyclic) bond motifs is 1. The first-order valence-electron chi connectivity index (χ1n) is 5.99. The Labute approximate surface area is 107 Å². The van der Waals surface area contributed by atoms with Gasteiger partial charge in [-0.05, 0) is 48.9 Å². The third kappa shape index (κ3) is 2.90. The topological polar surface area (TPSA) is 54.4 Å². The van der Waals surface area contributed by atoms with E-state index < -0.39 is 15.4 Å². The number of sulfone groups is 1. The van der Waals surface area contributed by atoms with E-state index in [1.165, 1.54) is 18.4 Å². The van der Waals surface area contributed by atoms with Crippen LogP contribution >= 0.6 is 0 Å². The van der Waals surface area contributed by atoms with Gasteiger partial charge in [0.15, 0.2) is 0 Å². The van der Waals surface area contributed by atoms with Crippen LogP contribution in [0, 0.1) is 5.82 Å². The molecule has 1 unspecified atom stereocenters. The summed E-state index contributed by atoms with van der Waals surface area (Å²) in [6, 6.07) is 4.40. The molecule has 2 rings (SSSR count). The van der Waals surface area contributed by atoms with Crippen LogP contribution in [0.15, 0.2) is 18.2 Å². The standard InChI is InChI=1S/C13H17FO3S/c1-18(16,17)8-2-6-13(15)7-5-10-9-11(14)3-4-12(10)13/h3-4,9,15H,2,5-8H2,1H3. The molecule has 1 aliphatic rings. The maximum absolute atomic E-state index is 13.1. The summed E-state index contributed by atoms with van der Waals surface area (Å²) in [4.78, 5) is 0. The van der Waals surface area contributed by atoms with E-state index in [9.17, 15) is 17.9 Å². The Morgan fingerprint density at radius 1 is 1.44 bits per heavy atom. The molecule has 18 heavy (non-hydrogen) atoms. The molecular weight excluding hydrogens is 255 g/mol. The van der Waals surface area contributed by atoms with Crippen LogP contribution in [0.4, 0.5) is 4.39 Å². The molecule has 1 atom stereocenters. The summed E-state index contributed by atoms with van der Waals surface area (Å²) < 4.78 is 35.2. The largest absolute Gasteiger partial charge is 0.385 e. The molecular formula is C13H17FO3S. The van der Waals surface area contributed by atoms with Gasteiger partial charge in [0.25, 0.3) is 0 Å². The van der Waals surface area contributed by atoms with Crippen LogP contribution in [-0.2, 0) is 21.9 Å². The summed E-state index contributed by atoms with van der Waals surface area (Å²) >= 11 is 0. The SMILES string of the molecule is CS(=O)(=O)CCCC1(O)CCc2cc(F)ccc21. The molecule has 0 bridgehead atoms. The van der Waals surface area contributed by atoms with Crippen LogP contribution in [0.5, 0.6) is 0 Å². The van der Waals surface area contributed by atoms with Gasteiger partial charge in [-0.3, -0.25) is 0 Å². The molecule has 0 radical (unpaired) electrons. The second-order valence-corrected chi connectivity index (χ2v) is 7.33. The Balaban J connectivity index is 2.11. The van der Waals surface area contributed by atoms with Crippen molar-refractivity contribution in [2.75, 3.05) is 12.0 Å². The van der Waals surface area contributed by atoms with E-state index in [1.54, 1.807) is 6.07 Å². The van der Waals surface area contributed by atoms with Crippen molar-refractivity contribution in [2.45, 2.75) is 31.3 Å². The molecule has 1 aromatic rings. The van der Waals surface area contributed by atoms with Crippen LogP contribution < -0.4 is 0 Å². The van der Waals surface area contributed by atoms with E-state index in [0.29, 0.717) is 25.7 Å². The predicted octanol–water partition coefficient (Wildman–Crippen LogP) is 1.78. The van der Waals surface area contributed by atoms with Gasteiger partial charge in [0.1, 0.15) is 15.7 Å². The average Bonchev–Trinajstić information content (AvgIpc) is 2.54. The number of halogens is 1. The highest BCUT2D eigenvalue weighted by molar-refractivity contribution is 7.90. The first-order valence-corrected chi connectivity index (χ1v) is 8.05. The second-order valence-electron chi connectivity index (χ2n) is 5.07. The number of aryl methyl sites for hydroxylation is 1. The lowest BCUT2D eigenvalue weighted by Crippen LogP contribution is -2.23. The van der Waals surface area contributed by atoms with Crippen molar-refractivity contribution in [3.05, 3.63) is 35.1 Å². The van der Waals surface area contributed by atoms with Crippen molar-refractivity contribution in [1.82, 2.24) is 0 Å². The van der Waals surface area contributed by atoms with E-state index in [2.05, 4.69) is 0 Å². The molecule has 3 nitrogen and oxygen atoms in total. The van der Waals surface area contributed by atoms with Crippen LogP contribution in [-0.4, -0.2) is 25.5 Å². The molecule has 0 amide bonds. The number of hydrogen-bond donors (Lipinski definition) is 1. The predicted molar refractivity (Wildman–Crippen MR) is 67.6 cm³/mol. The van der Waals surface area contributed by atoms with E-state index in [-0.39, 0.29) is 11.6 Å². The van der Waals surface area contributed by atoms with Crippen molar-refractivity contribution in [1.29, 1.82) is 0 Å². The maximum atomic E-state index is 13.1. The van der Waals surface area contributed by atoms with Gasteiger partial charge in [-0.2, -0.15) is 0 Å². The molecule has 0 aliphatic heterocycles. The fourth-order valence-electron chi connectivity index (χ4n) is 2.59. The molecule has 5 heteroatoms. The molecule has 0 saturated heterocycles. The first kappa shape index (κ1) is 13.5. The highest BCUT2D eigenvalue weighted by Crippen LogP contribution is 2.40. The molecule has 0 aromatic heterocycles. The minimum absolute atomic E-state index is 0.0752. The van der Waals surface area contributed by atoms with Crippen molar-refractivity contribution in [3.8, 4) is 0 Å². The van der Waals surface area contributed by atoms with Gasteiger partial charge in [-0.25, -0.2) is 12.8 Å². The summed E-state index contributed by atoms with van der Waals surface area (Å²) in [6.45, 7) is 0. The van der Waals surface area contributed by atoms with Gasteiger partial charge >= 0.3 is 0 Å². The van der Waals surface area contributed by atoms with Crippen LogP contribution in [0.25, 0.3) is 0 Å². The van der Waals surface area contributed by atoms with Crippen molar-refractivity contribution >= 4 is 9.84 Å². The Morgan fingerprint density at radius 2 is 2.17 bits per heavy atom. The zero-order valence-electron chi connectivity index (χ0n) is 10.3. The van der Waals surface area contributed by atoms with Gasteiger partial charge < -0.3 is 5.11 Å². The highest BCUT2D eigenvalue weighted by atomic mass is 32.2. The average molecular weight is 272 g/mol. The highest BCUT2D eigenvalue weighted by Gasteiger charge is 2.36. The monoisotopic (exact) mass is 272 g/mol. The molecule has 1 aliphatic carbocycles. The molecule has 0 saturated carbocycles. The summed E-state index contributed by atoms with van der Waals surface area (Å²) in [7, 11) is -3.00. The van der Waals surface area contributed by atoms with Gasteiger partial charge in [0, 0.05) is 12.0 Å². The Morgan fingerprint density at radius 3 is 2.83 bits per heavy atom. The van der Waals surface area contributed by atoms with E-state index in [4.69, 9.17) is 0 Å². The normalized spacial score (nSPS) is 23.1. The quantitative estimate of drug-likeness (QED) is 0.909. The molecule has 0 heterocycles. The number of hydrogen-bond acceptors (Lipinski definition) is 3. The molecule has 0 fully saturated rings. The van der Waals surface area contributed by atoms with Gasteiger partial charge in [0.05, 0.1) is 5.60 Å². The van der Waals surface area contributed by atoms with Crippen molar-refractivity contribution < 1.29 is 17.9 Å². The van der Waals surface area contributed by atoms with Crippen molar-refractivity contribution in [2.24, 2.45) is 0 Å². The zero-order valence-corrected chi connectivity index (χ0v) is 11.1. The lowest BCUT2D eigenvalue weighted by atomic mass is 9.91. The van der Waals surface area contributed by atoms with E-state index in [1.807, 2.05) is 0 Å². The fourth-order valence-corrected chi connectivity index (χ4v) is 3.25. The minimum Gasteiger partial charge on any atom is -0.385 e. The smallest absolute Gasteiger partial charge is 0.147 e. The summed E-state index contributed by atoms with van der Waals surface area (Å²) in [5, 5.41) is 10.5. The van der Waals surface area contributed by atoms with E-state index >= 15 is 0 Å². The summed E-state index contributed by atoms with van der Waals surface area (Å²) in [6.07, 6.45) is 3.19. The van der Waals surface area contributed by atoms with Crippen LogP contribution in [0.2, 0.25) is 0 Å². The molecule has 0 spiro atoms. The number of benzene rings is 1. The first-order chi connectivity index (χ1) is 8.30. The summed E-state index contributed by atoms with van der Waals surface area (Å²) in [5.41, 5.74) is 0.586. The number of aliphatic hydroxyl groups is 1. The Hall–Kier alpha value is -0.940. The molecule has 1 N–H and O–H groups in total. The third-order valence-corrected chi connectivity index (χ3v) is 4.51. The second kappa shape index (κ2) is 4.63. The lowest BCUT2D eigenvalue weighted by Gasteiger charge is -2.23. The van der Waals surface area contributed by atoms with Gasteiger partial charge in [-0.15, -0.1) is 0 Å². The lowest BCUT2D eigenvalue weighted by molar-refractivity contribution is 0.0289. The Bertz CT molecular complexity index is 553. The van der Waals surface area contributed by atoms with Gasteiger partial charge in [-0.1, -0.05) is 6.07 Å². The number of rotatable bonds is 4. The maximum Gasteiger partial charge on any atom is 0.147 e. The summed E-state index contributed by atoms with van der Waals surface area (Å²) in [5.74, 6) is -0.222. The van der Waals surface area contributed by atoms with Gasteiger partial charge in [0.2, 0.25) is 0 Å². The minimum atomic E-state index is -3.00. The molecule has 1 aromatic carbocycles. The van der Waals surface area contributed by atoms with Crippen LogP contribution in [0.1, 0.15) is 30.4 Å². The van der Waals surface area contributed by atoms with E-state index in [0.717, 1.165) is 11.1 Å². The third-order valence-electron chi connectivity index (χ3n) is 3.48. The Kier molecular flexibility index (Phi) is 3.47. The zero-order chi connectivity index (χ0) is 13.4. The van der Waals surface area contributed by atoms with Crippen LogP contribution in [0.3, 0.4) is 0 Å².